The van der Waals surface area contributed by atoms with Crippen LogP contribution in [0.3, 0.4) is 0 Å². The molecule has 2 nitrogen and oxygen atoms in total. The van der Waals surface area contributed by atoms with Gasteiger partial charge in [-0.3, -0.25) is 4.79 Å². The van der Waals surface area contributed by atoms with Crippen LogP contribution >= 0.6 is 0 Å². The van der Waals surface area contributed by atoms with Crippen LogP contribution in [0.5, 0.6) is 0 Å². The standard InChI is InChI=1S/C9H13NO/c1-5-3-4-6(2)8-7(5)9(11)10-8/h3-8H,1-2H3,(H,10,11)/t5-,6+,7-,8+/m0/s1. The maximum Gasteiger partial charge on any atom is 0.226 e. The summed E-state index contributed by atoms with van der Waals surface area (Å²) >= 11 is 0. The molecule has 1 saturated heterocycles. The fourth-order valence-corrected chi connectivity index (χ4v) is 2.03. The van der Waals surface area contributed by atoms with Gasteiger partial charge in [0.1, 0.15) is 0 Å². The van der Waals surface area contributed by atoms with Crippen LogP contribution in [0.2, 0.25) is 0 Å². The number of hydrogen-bond donors (Lipinski definition) is 1. The van der Waals surface area contributed by atoms with Gasteiger partial charge in [0.2, 0.25) is 5.91 Å². The minimum Gasteiger partial charge on any atom is -0.352 e. The van der Waals surface area contributed by atoms with E-state index in [4.69, 9.17) is 0 Å². The van der Waals surface area contributed by atoms with Crippen LogP contribution in [0.15, 0.2) is 12.2 Å². The molecule has 11 heavy (non-hydrogen) atoms. The molecule has 1 amide bonds. The van der Waals surface area contributed by atoms with Gasteiger partial charge in [-0.2, -0.15) is 0 Å². The van der Waals surface area contributed by atoms with Crippen molar-refractivity contribution in [3.05, 3.63) is 12.2 Å². The number of β-lactam (4-membered cyclic amide) rings is 1. The number of fused-ring (bicyclic) bond motifs is 1. The number of nitrogens with one attached hydrogen (secondary N) is 1. The molecular weight excluding hydrogens is 138 g/mol. The number of carbonyl (C=O) groups excluding carboxylic acids is 1. The van der Waals surface area contributed by atoms with Gasteiger partial charge in [-0.25, -0.2) is 0 Å². The molecule has 0 unspecified atom stereocenters. The second kappa shape index (κ2) is 2.10. The minimum absolute atomic E-state index is 0.235. The minimum atomic E-state index is 0.235. The molecule has 1 aliphatic heterocycles. The van der Waals surface area contributed by atoms with Crippen LogP contribution in [-0.4, -0.2) is 11.9 Å². The lowest BCUT2D eigenvalue weighted by molar-refractivity contribution is -0.138. The Hall–Kier alpha value is -0.790. The first-order valence-corrected chi connectivity index (χ1v) is 4.19. The first-order chi connectivity index (χ1) is 5.20. The number of amides is 1. The van der Waals surface area contributed by atoms with E-state index in [2.05, 4.69) is 31.3 Å². The fourth-order valence-electron chi connectivity index (χ4n) is 2.03. The summed E-state index contributed by atoms with van der Waals surface area (Å²) in [6.45, 7) is 4.26. The van der Waals surface area contributed by atoms with Gasteiger partial charge in [0.15, 0.2) is 0 Å². The van der Waals surface area contributed by atoms with E-state index in [-0.39, 0.29) is 11.8 Å². The van der Waals surface area contributed by atoms with Crippen LogP contribution in [0, 0.1) is 17.8 Å². The molecule has 0 radical (unpaired) electrons. The highest BCUT2D eigenvalue weighted by molar-refractivity contribution is 5.86. The highest BCUT2D eigenvalue weighted by atomic mass is 16.2. The van der Waals surface area contributed by atoms with Crippen LogP contribution in [-0.2, 0) is 4.79 Å². The number of allylic oxidation sites excluding steroid dienone is 1. The van der Waals surface area contributed by atoms with Crippen molar-refractivity contribution in [2.24, 2.45) is 17.8 Å². The molecule has 0 spiro atoms. The molecule has 0 aromatic heterocycles. The molecule has 1 fully saturated rings. The third-order valence-corrected chi connectivity index (χ3v) is 2.85. The van der Waals surface area contributed by atoms with Crippen LogP contribution in [0.25, 0.3) is 0 Å². The molecule has 1 aliphatic carbocycles. The smallest absolute Gasteiger partial charge is 0.226 e. The van der Waals surface area contributed by atoms with E-state index in [9.17, 15) is 4.79 Å². The Kier molecular flexibility index (Phi) is 1.31. The average molecular weight is 151 g/mol. The molecule has 1 heterocycles. The number of carbonyl (C=O) groups is 1. The van der Waals surface area contributed by atoms with E-state index in [1.807, 2.05) is 0 Å². The largest absolute Gasteiger partial charge is 0.352 e. The summed E-state index contributed by atoms with van der Waals surface area (Å²) in [4.78, 5) is 11.1. The van der Waals surface area contributed by atoms with E-state index >= 15 is 0 Å². The number of rotatable bonds is 0. The molecule has 0 aromatic rings. The lowest BCUT2D eigenvalue weighted by Gasteiger charge is -2.44. The normalized spacial score (nSPS) is 47.6. The Morgan fingerprint density at radius 2 is 1.91 bits per heavy atom. The summed E-state index contributed by atoms with van der Waals surface area (Å²) in [5.41, 5.74) is 0. The SMILES string of the molecule is C[C@@H]1C=C[C@H](C)[C@@H]2C(=O)N[C@@H]21. The summed E-state index contributed by atoms with van der Waals surface area (Å²) in [5, 5.41) is 2.93. The average Bonchev–Trinajstić information content (AvgIpc) is 1.93. The molecule has 0 saturated carbocycles. The van der Waals surface area contributed by atoms with Gasteiger partial charge in [0.25, 0.3) is 0 Å². The van der Waals surface area contributed by atoms with Crippen molar-refractivity contribution in [1.82, 2.24) is 5.32 Å². The van der Waals surface area contributed by atoms with E-state index in [1.54, 1.807) is 0 Å². The van der Waals surface area contributed by atoms with Crippen LogP contribution in [0.4, 0.5) is 0 Å². The van der Waals surface area contributed by atoms with Gasteiger partial charge in [-0.1, -0.05) is 26.0 Å². The lowest BCUT2D eigenvalue weighted by Crippen LogP contribution is -2.63. The van der Waals surface area contributed by atoms with E-state index in [1.165, 1.54) is 0 Å². The molecule has 1 N–H and O–H groups in total. The highest BCUT2D eigenvalue weighted by Gasteiger charge is 2.45. The van der Waals surface area contributed by atoms with Crippen molar-refractivity contribution in [3.63, 3.8) is 0 Å². The van der Waals surface area contributed by atoms with E-state index in [0.717, 1.165) is 0 Å². The zero-order chi connectivity index (χ0) is 8.01. The van der Waals surface area contributed by atoms with E-state index in [0.29, 0.717) is 17.9 Å². The molecule has 2 rings (SSSR count). The molecule has 60 valence electrons. The maximum atomic E-state index is 11.1. The molecule has 4 atom stereocenters. The first kappa shape index (κ1) is 6.89. The highest BCUT2D eigenvalue weighted by Crippen LogP contribution is 2.34. The van der Waals surface area contributed by atoms with Gasteiger partial charge in [-0.05, 0) is 11.8 Å². The van der Waals surface area contributed by atoms with Gasteiger partial charge in [-0.15, -0.1) is 0 Å². The number of hydrogen-bond acceptors (Lipinski definition) is 1. The summed E-state index contributed by atoms with van der Waals surface area (Å²) in [6.07, 6.45) is 4.36. The van der Waals surface area contributed by atoms with Crippen molar-refractivity contribution >= 4 is 5.91 Å². The Morgan fingerprint density at radius 3 is 2.45 bits per heavy atom. The van der Waals surface area contributed by atoms with Crippen molar-refractivity contribution < 1.29 is 4.79 Å². The Balaban J connectivity index is 2.22. The second-order valence-corrected chi connectivity index (χ2v) is 3.66. The third kappa shape index (κ3) is 0.817. The lowest BCUT2D eigenvalue weighted by atomic mass is 9.71. The summed E-state index contributed by atoms with van der Waals surface area (Å²) in [7, 11) is 0. The van der Waals surface area contributed by atoms with Crippen molar-refractivity contribution in [2.75, 3.05) is 0 Å². The van der Waals surface area contributed by atoms with Crippen molar-refractivity contribution in [3.8, 4) is 0 Å². The van der Waals surface area contributed by atoms with Crippen molar-refractivity contribution in [2.45, 2.75) is 19.9 Å². The predicted molar refractivity (Wildman–Crippen MR) is 42.9 cm³/mol. The predicted octanol–water partition coefficient (Wildman–Crippen LogP) is 0.943. The van der Waals surface area contributed by atoms with Crippen LogP contribution < -0.4 is 5.32 Å². The van der Waals surface area contributed by atoms with Gasteiger partial charge < -0.3 is 5.32 Å². The topological polar surface area (TPSA) is 29.1 Å². The summed E-state index contributed by atoms with van der Waals surface area (Å²) < 4.78 is 0. The first-order valence-electron chi connectivity index (χ1n) is 4.19. The summed E-state index contributed by atoms with van der Waals surface area (Å²) in [6, 6.07) is 0.419. The zero-order valence-electron chi connectivity index (χ0n) is 6.87. The second-order valence-electron chi connectivity index (χ2n) is 3.66. The van der Waals surface area contributed by atoms with Gasteiger partial charge >= 0.3 is 0 Å². The molecule has 0 bridgehead atoms. The Labute approximate surface area is 66.7 Å². The zero-order valence-corrected chi connectivity index (χ0v) is 6.87. The Morgan fingerprint density at radius 1 is 1.27 bits per heavy atom. The molecule has 2 heteroatoms. The van der Waals surface area contributed by atoms with Crippen molar-refractivity contribution in [1.29, 1.82) is 0 Å². The third-order valence-electron chi connectivity index (χ3n) is 2.85. The van der Waals surface area contributed by atoms with E-state index < -0.39 is 0 Å². The summed E-state index contributed by atoms with van der Waals surface area (Å²) in [5.74, 6) is 1.45. The quantitative estimate of drug-likeness (QED) is 0.405. The molecule has 0 aromatic carbocycles. The van der Waals surface area contributed by atoms with Gasteiger partial charge in [0.05, 0.1) is 5.92 Å². The fraction of sp³-hybridized carbons (Fsp3) is 0.667. The van der Waals surface area contributed by atoms with Gasteiger partial charge in [0, 0.05) is 6.04 Å². The Bertz CT molecular complexity index is 222. The molecule has 2 aliphatic rings. The monoisotopic (exact) mass is 151 g/mol. The molecular formula is C9H13NO. The van der Waals surface area contributed by atoms with Crippen LogP contribution in [0.1, 0.15) is 13.8 Å². The maximum absolute atomic E-state index is 11.1.